The smallest absolute Gasteiger partial charge is 0.185 e. The fraction of sp³-hybridized carbons (Fsp3) is 0.280. The van der Waals surface area contributed by atoms with Crippen molar-refractivity contribution in [3.05, 3.63) is 71.2 Å². The highest BCUT2D eigenvalue weighted by Gasteiger charge is 2.32. The van der Waals surface area contributed by atoms with Crippen LogP contribution in [0.1, 0.15) is 39.8 Å². The Bertz CT molecular complexity index is 1330. The number of hydrogen-bond acceptors (Lipinski definition) is 7. The van der Waals surface area contributed by atoms with E-state index in [0.29, 0.717) is 42.3 Å². The molecule has 0 saturated heterocycles. The van der Waals surface area contributed by atoms with Crippen LogP contribution in [0.4, 0.5) is 0 Å². The zero-order chi connectivity index (χ0) is 22.9. The second-order valence-electron chi connectivity index (χ2n) is 7.99. The van der Waals surface area contributed by atoms with Crippen LogP contribution in [0, 0.1) is 0 Å². The molecule has 1 atom stereocenters. The summed E-state index contributed by atoms with van der Waals surface area (Å²) in [5, 5.41) is 13.5. The van der Waals surface area contributed by atoms with Crippen LogP contribution >= 0.6 is 0 Å². The lowest BCUT2D eigenvalue weighted by atomic mass is 9.83. The van der Waals surface area contributed by atoms with E-state index in [-0.39, 0.29) is 11.7 Å². The Kier molecular flexibility index (Phi) is 5.51. The number of carbonyl (C=O) groups excluding carboxylic acids is 1. The maximum Gasteiger partial charge on any atom is 0.185 e. The summed E-state index contributed by atoms with van der Waals surface area (Å²) in [6.45, 7) is 0.329. The molecule has 0 amide bonds. The molecule has 4 aromatic rings. The highest BCUT2D eigenvalue weighted by atomic mass is 16.5. The predicted octanol–water partition coefficient (Wildman–Crippen LogP) is 3.87. The third-order valence-electron chi connectivity index (χ3n) is 6.07. The summed E-state index contributed by atoms with van der Waals surface area (Å²) >= 11 is 0. The second kappa shape index (κ2) is 8.63. The van der Waals surface area contributed by atoms with Crippen molar-refractivity contribution in [2.75, 3.05) is 21.3 Å². The first-order chi connectivity index (χ1) is 16.1. The van der Waals surface area contributed by atoms with Crippen molar-refractivity contribution < 1.29 is 19.0 Å². The second-order valence-corrected chi connectivity index (χ2v) is 7.99. The van der Waals surface area contributed by atoms with Crippen molar-refractivity contribution in [2.45, 2.75) is 25.4 Å². The molecule has 2 aromatic heterocycles. The van der Waals surface area contributed by atoms with Crippen molar-refractivity contribution in [3.63, 3.8) is 0 Å². The Morgan fingerprint density at radius 1 is 0.970 bits per heavy atom. The number of carbonyl (C=O) groups is 1. The quantitative estimate of drug-likeness (QED) is 0.446. The molecule has 8 heteroatoms. The van der Waals surface area contributed by atoms with E-state index in [2.05, 4.69) is 10.2 Å². The van der Waals surface area contributed by atoms with Gasteiger partial charge in [-0.1, -0.05) is 36.4 Å². The number of methoxy groups -OCH3 is 3. The fourth-order valence-electron chi connectivity index (χ4n) is 4.50. The van der Waals surface area contributed by atoms with E-state index >= 15 is 0 Å². The number of ether oxygens (including phenoxy) is 3. The molecule has 0 bridgehead atoms. The lowest BCUT2D eigenvalue weighted by Crippen LogP contribution is -2.24. The monoisotopic (exact) mass is 444 g/mol. The minimum absolute atomic E-state index is 0.0348. The van der Waals surface area contributed by atoms with Crippen LogP contribution in [-0.4, -0.2) is 46.9 Å². The van der Waals surface area contributed by atoms with Gasteiger partial charge in [0, 0.05) is 13.5 Å². The third kappa shape index (κ3) is 3.62. The number of fused-ring (bicyclic) bond motifs is 3. The van der Waals surface area contributed by atoms with Crippen LogP contribution < -0.4 is 9.47 Å². The molecule has 1 aliphatic rings. The van der Waals surface area contributed by atoms with Gasteiger partial charge in [0.05, 0.1) is 37.8 Å². The Morgan fingerprint density at radius 3 is 2.48 bits per heavy atom. The number of rotatable bonds is 6. The summed E-state index contributed by atoms with van der Waals surface area (Å²) in [5.41, 5.74) is 5.37. The van der Waals surface area contributed by atoms with Gasteiger partial charge in [0.2, 0.25) is 0 Å². The maximum absolute atomic E-state index is 13.1. The highest BCUT2D eigenvalue weighted by Crippen LogP contribution is 2.37. The van der Waals surface area contributed by atoms with E-state index in [1.165, 1.54) is 0 Å². The first-order valence-corrected chi connectivity index (χ1v) is 10.7. The molecule has 0 spiro atoms. The normalized spacial score (nSPS) is 15.5. The van der Waals surface area contributed by atoms with Gasteiger partial charge in [0.25, 0.3) is 0 Å². The minimum Gasteiger partial charge on any atom is -0.493 e. The van der Waals surface area contributed by atoms with E-state index in [1.54, 1.807) is 25.8 Å². The van der Waals surface area contributed by atoms with Crippen molar-refractivity contribution in [3.8, 4) is 22.6 Å². The molecule has 5 rings (SSSR count). The summed E-state index contributed by atoms with van der Waals surface area (Å²) in [4.78, 5) is 13.1. The van der Waals surface area contributed by atoms with Gasteiger partial charge in [-0.25, -0.2) is 4.52 Å². The van der Waals surface area contributed by atoms with Gasteiger partial charge in [-0.05, 0) is 35.6 Å². The van der Waals surface area contributed by atoms with Crippen LogP contribution in [0.3, 0.4) is 0 Å². The molecule has 0 radical (unpaired) electrons. The van der Waals surface area contributed by atoms with Gasteiger partial charge < -0.3 is 14.2 Å². The molecular formula is C25H24N4O4. The molecule has 33 heavy (non-hydrogen) atoms. The third-order valence-corrected chi connectivity index (χ3v) is 6.07. The molecule has 1 unspecified atom stereocenters. The average Bonchev–Trinajstić information content (AvgIpc) is 3.22. The van der Waals surface area contributed by atoms with E-state index < -0.39 is 0 Å². The van der Waals surface area contributed by atoms with Gasteiger partial charge in [0.1, 0.15) is 0 Å². The number of aromatic nitrogens is 4. The standard InChI is InChI=1S/C25H24N4O4/c1-31-14-18-23(15-7-5-4-6-8-15)25-27-26-24-19(29(25)28-18)11-17(12-20(24)30)16-9-10-21(32-2)22(13-16)33-3/h4-10,13,17H,11-12,14H2,1-3H3. The first-order valence-electron chi connectivity index (χ1n) is 10.7. The van der Waals surface area contributed by atoms with Crippen molar-refractivity contribution >= 4 is 11.4 Å². The molecular weight excluding hydrogens is 420 g/mol. The number of ketones is 1. The van der Waals surface area contributed by atoms with Gasteiger partial charge >= 0.3 is 0 Å². The molecule has 1 aliphatic carbocycles. The molecule has 2 aromatic carbocycles. The van der Waals surface area contributed by atoms with Crippen LogP contribution in [0.2, 0.25) is 0 Å². The topological polar surface area (TPSA) is 87.8 Å². The molecule has 0 aliphatic heterocycles. The van der Waals surface area contributed by atoms with Gasteiger partial charge in [-0.3, -0.25) is 4.79 Å². The first kappa shape index (κ1) is 21.1. The minimum atomic E-state index is -0.0458. The Morgan fingerprint density at radius 2 is 1.76 bits per heavy atom. The number of benzene rings is 2. The van der Waals surface area contributed by atoms with Crippen molar-refractivity contribution in [1.82, 2.24) is 19.8 Å². The van der Waals surface area contributed by atoms with Crippen LogP contribution in [0.15, 0.2) is 48.5 Å². The van der Waals surface area contributed by atoms with Gasteiger partial charge in [0.15, 0.2) is 28.6 Å². The summed E-state index contributed by atoms with van der Waals surface area (Å²) in [6, 6.07) is 15.7. The average molecular weight is 444 g/mol. The Labute approximate surface area is 191 Å². The zero-order valence-corrected chi connectivity index (χ0v) is 18.7. The molecule has 0 N–H and O–H groups in total. The summed E-state index contributed by atoms with van der Waals surface area (Å²) < 4.78 is 18.0. The molecule has 168 valence electrons. The van der Waals surface area contributed by atoms with Crippen molar-refractivity contribution in [2.24, 2.45) is 0 Å². The largest absolute Gasteiger partial charge is 0.493 e. The van der Waals surface area contributed by atoms with E-state index in [0.717, 1.165) is 28.1 Å². The fourth-order valence-corrected chi connectivity index (χ4v) is 4.50. The van der Waals surface area contributed by atoms with Crippen molar-refractivity contribution in [1.29, 1.82) is 0 Å². The van der Waals surface area contributed by atoms with Crippen LogP contribution in [-0.2, 0) is 17.8 Å². The Balaban J connectivity index is 1.64. The maximum atomic E-state index is 13.1. The van der Waals surface area contributed by atoms with E-state index in [1.807, 2.05) is 48.5 Å². The molecule has 0 fully saturated rings. The van der Waals surface area contributed by atoms with E-state index in [4.69, 9.17) is 19.3 Å². The highest BCUT2D eigenvalue weighted by molar-refractivity contribution is 5.97. The lowest BCUT2D eigenvalue weighted by molar-refractivity contribution is 0.0955. The van der Waals surface area contributed by atoms with Crippen LogP contribution in [0.5, 0.6) is 11.5 Å². The molecule has 2 heterocycles. The predicted molar refractivity (Wildman–Crippen MR) is 122 cm³/mol. The van der Waals surface area contributed by atoms with Crippen LogP contribution in [0.25, 0.3) is 16.8 Å². The summed E-state index contributed by atoms with van der Waals surface area (Å²) in [7, 11) is 4.85. The molecule has 8 nitrogen and oxygen atoms in total. The number of nitrogens with zero attached hydrogens (tertiary/aromatic N) is 4. The Hall–Kier alpha value is -3.78. The number of Topliss-reactive ketones (excluding diaryl/α,β-unsaturated/α-hetero) is 1. The number of hydrogen-bond donors (Lipinski definition) is 0. The SMILES string of the molecule is COCc1nn2c3c(nnc2c1-c1ccccc1)C(=O)CC(c1ccc(OC)c(OC)c1)C3. The van der Waals surface area contributed by atoms with E-state index in [9.17, 15) is 4.79 Å². The van der Waals surface area contributed by atoms with Gasteiger partial charge in [-0.15, -0.1) is 10.2 Å². The summed E-state index contributed by atoms with van der Waals surface area (Å²) in [5.74, 6) is 1.21. The zero-order valence-electron chi connectivity index (χ0n) is 18.7. The summed E-state index contributed by atoms with van der Waals surface area (Å²) in [6.07, 6.45) is 0.950. The lowest BCUT2D eigenvalue weighted by Gasteiger charge is -2.24. The molecule has 0 saturated carbocycles. The van der Waals surface area contributed by atoms with Gasteiger partial charge in [-0.2, -0.15) is 5.10 Å².